The van der Waals surface area contributed by atoms with E-state index in [2.05, 4.69) is 13.8 Å². The minimum Gasteiger partial charge on any atom is -0.457 e. The maximum absolute atomic E-state index is 13.1. The van der Waals surface area contributed by atoms with Crippen molar-refractivity contribution in [3.63, 3.8) is 0 Å². The smallest absolute Gasteiger partial charge is 0.306 e. The zero-order valence-corrected chi connectivity index (χ0v) is 46.7. The van der Waals surface area contributed by atoms with E-state index >= 15 is 0 Å². The van der Waals surface area contributed by atoms with Crippen LogP contribution in [0, 0.1) is 0 Å². The van der Waals surface area contributed by atoms with Gasteiger partial charge in [-0.05, 0) is 12.8 Å². The van der Waals surface area contributed by atoms with Gasteiger partial charge in [-0.15, -0.1) is 0 Å². The van der Waals surface area contributed by atoms with Crippen molar-refractivity contribution in [1.29, 1.82) is 0 Å². The molecule has 0 aromatic heterocycles. The van der Waals surface area contributed by atoms with Crippen LogP contribution in [0.4, 0.5) is 0 Å². The predicted octanol–water partition coefficient (Wildman–Crippen LogP) is 11.2. The van der Waals surface area contributed by atoms with Gasteiger partial charge in [0.1, 0.15) is 54.9 Å². The molecule has 73 heavy (non-hydrogen) atoms. The van der Waals surface area contributed by atoms with E-state index in [9.17, 15) is 40.5 Å². The molecule has 2 saturated heterocycles. The van der Waals surface area contributed by atoms with Crippen molar-refractivity contribution in [2.75, 3.05) is 33.0 Å². The summed E-state index contributed by atoms with van der Waals surface area (Å²) in [6.07, 6.45) is 34.6. The first-order valence-corrected chi connectivity index (χ1v) is 30.6. The Kier molecular flexibility index (Phi) is 43.9. The fourth-order valence-electron chi connectivity index (χ4n) is 10.2. The minimum absolute atomic E-state index is 0.0710. The Bertz CT molecular complexity index is 1210. The second-order valence-corrected chi connectivity index (χ2v) is 21.9. The number of ether oxygens (including phenoxy) is 6. The fourth-order valence-corrected chi connectivity index (χ4v) is 10.2. The average molecular weight is 1050 g/mol. The quantitative estimate of drug-likeness (QED) is 0.0223. The SMILES string of the molecule is CCCCCCCCCCCCCCCCCCCCCCCCCCOCC(COC1OC(COC2OC(CO)C(O)C(O)C2O)C(O)C(O)C1O)OC(=O)CCCCCCCCCCCCCCCCC. The first kappa shape index (κ1) is 68.1. The zero-order valence-electron chi connectivity index (χ0n) is 46.7. The Morgan fingerprint density at radius 3 is 1.11 bits per heavy atom. The molecule has 0 bridgehead atoms. The van der Waals surface area contributed by atoms with Crippen LogP contribution in [0.1, 0.15) is 271 Å². The van der Waals surface area contributed by atoms with Gasteiger partial charge in [0.25, 0.3) is 0 Å². The first-order chi connectivity index (χ1) is 35.6. The third kappa shape index (κ3) is 33.8. The monoisotopic (exact) mass is 1050 g/mol. The summed E-state index contributed by atoms with van der Waals surface area (Å²) in [6.45, 7) is 3.77. The Hall–Kier alpha value is -1.01. The molecule has 14 heteroatoms. The number of hydrogen-bond acceptors (Lipinski definition) is 14. The highest BCUT2D eigenvalue weighted by Crippen LogP contribution is 2.27. The summed E-state index contributed by atoms with van der Waals surface area (Å²) in [4.78, 5) is 13.1. The Morgan fingerprint density at radius 1 is 0.397 bits per heavy atom. The standard InChI is InChI=1S/C59H114O14/c1-3-5-7-9-11-13-15-17-19-20-21-22-23-24-25-26-27-29-31-33-35-37-39-41-43-68-45-48(71-51(61)42-40-38-36-34-32-30-28-18-16-14-12-10-8-6-4-2)46-69-58-57(67)55(65)53(63)50(73-58)47-70-59-56(66)54(64)52(62)49(44-60)72-59/h48-50,52-60,62-67H,3-47H2,1-2H3. The molecule has 0 aromatic carbocycles. The van der Waals surface area contributed by atoms with Crippen LogP contribution >= 0.6 is 0 Å². The summed E-state index contributed by atoms with van der Waals surface area (Å²) in [5.74, 6) is -0.368. The molecular weight excluding hydrogens is 933 g/mol. The van der Waals surface area contributed by atoms with Gasteiger partial charge in [0, 0.05) is 13.0 Å². The second-order valence-electron chi connectivity index (χ2n) is 21.9. The predicted molar refractivity (Wildman–Crippen MR) is 289 cm³/mol. The summed E-state index contributed by atoms with van der Waals surface area (Å²) in [6, 6.07) is 0. The lowest BCUT2D eigenvalue weighted by Crippen LogP contribution is -2.61. The van der Waals surface area contributed by atoms with Gasteiger partial charge in [0.05, 0.1) is 26.4 Å². The fraction of sp³-hybridized carbons (Fsp3) is 0.983. The van der Waals surface area contributed by atoms with Crippen molar-refractivity contribution in [1.82, 2.24) is 0 Å². The molecule has 2 aliphatic rings. The summed E-state index contributed by atoms with van der Waals surface area (Å²) in [5.41, 5.74) is 0. The van der Waals surface area contributed by atoms with Crippen molar-refractivity contribution >= 4 is 5.97 Å². The molecule has 7 N–H and O–H groups in total. The molecule has 0 aliphatic carbocycles. The first-order valence-electron chi connectivity index (χ1n) is 30.6. The molecule has 2 fully saturated rings. The number of hydrogen-bond donors (Lipinski definition) is 7. The van der Waals surface area contributed by atoms with Crippen LogP contribution in [-0.2, 0) is 33.2 Å². The Labute approximate surface area is 444 Å². The van der Waals surface area contributed by atoms with Crippen LogP contribution in [0.5, 0.6) is 0 Å². The number of aliphatic hydroxyl groups is 7. The van der Waals surface area contributed by atoms with Gasteiger partial charge in [-0.1, -0.05) is 251 Å². The van der Waals surface area contributed by atoms with E-state index in [0.29, 0.717) is 6.61 Å². The van der Waals surface area contributed by atoms with Gasteiger partial charge in [0.2, 0.25) is 0 Å². The summed E-state index contributed by atoms with van der Waals surface area (Å²) in [7, 11) is 0. The van der Waals surface area contributed by atoms with Crippen molar-refractivity contribution in [2.45, 2.75) is 338 Å². The number of aliphatic hydroxyl groups excluding tert-OH is 7. The van der Waals surface area contributed by atoms with Gasteiger partial charge >= 0.3 is 5.97 Å². The van der Waals surface area contributed by atoms with Crippen LogP contribution in [0.3, 0.4) is 0 Å². The van der Waals surface area contributed by atoms with Crippen LogP contribution in [-0.4, -0.2) is 142 Å². The average Bonchev–Trinajstić information content (AvgIpc) is 3.39. The van der Waals surface area contributed by atoms with E-state index in [1.807, 2.05) is 0 Å². The molecule has 0 spiro atoms. The highest BCUT2D eigenvalue weighted by atomic mass is 16.7. The van der Waals surface area contributed by atoms with E-state index in [1.54, 1.807) is 0 Å². The van der Waals surface area contributed by atoms with Crippen LogP contribution < -0.4 is 0 Å². The van der Waals surface area contributed by atoms with Crippen molar-refractivity contribution in [3.8, 4) is 0 Å². The van der Waals surface area contributed by atoms with E-state index in [0.717, 1.165) is 44.9 Å². The molecular formula is C59H114O14. The lowest BCUT2D eigenvalue weighted by molar-refractivity contribution is -0.332. The molecule has 434 valence electrons. The largest absolute Gasteiger partial charge is 0.457 e. The third-order valence-corrected chi connectivity index (χ3v) is 15.1. The molecule has 11 atom stereocenters. The van der Waals surface area contributed by atoms with E-state index in [4.69, 9.17) is 28.4 Å². The summed E-state index contributed by atoms with van der Waals surface area (Å²) < 4.78 is 34.4. The van der Waals surface area contributed by atoms with Crippen molar-refractivity contribution in [3.05, 3.63) is 0 Å². The summed E-state index contributed by atoms with van der Waals surface area (Å²) >= 11 is 0. The number of rotatable bonds is 51. The van der Waals surface area contributed by atoms with Gasteiger partial charge < -0.3 is 64.2 Å². The zero-order chi connectivity index (χ0) is 53.0. The molecule has 2 rings (SSSR count). The number of unbranched alkanes of at least 4 members (excludes halogenated alkanes) is 37. The van der Waals surface area contributed by atoms with Gasteiger partial charge in [-0.2, -0.15) is 0 Å². The van der Waals surface area contributed by atoms with Gasteiger partial charge in [-0.3, -0.25) is 4.79 Å². The molecule has 14 nitrogen and oxygen atoms in total. The van der Waals surface area contributed by atoms with E-state index in [1.165, 1.54) is 205 Å². The topological polar surface area (TPSA) is 214 Å². The molecule has 2 aliphatic heterocycles. The Morgan fingerprint density at radius 2 is 0.726 bits per heavy atom. The molecule has 0 radical (unpaired) electrons. The van der Waals surface area contributed by atoms with Crippen LogP contribution in [0.25, 0.3) is 0 Å². The second kappa shape index (κ2) is 47.0. The van der Waals surface area contributed by atoms with Crippen LogP contribution in [0.15, 0.2) is 0 Å². The lowest BCUT2D eigenvalue weighted by Gasteiger charge is -2.42. The highest BCUT2D eigenvalue weighted by Gasteiger charge is 2.47. The van der Waals surface area contributed by atoms with E-state index < -0.39 is 80.7 Å². The number of carbonyl (C=O) groups is 1. The van der Waals surface area contributed by atoms with Crippen molar-refractivity contribution < 1.29 is 69.0 Å². The number of carbonyl (C=O) groups excluding carboxylic acids is 1. The molecule has 0 amide bonds. The van der Waals surface area contributed by atoms with Crippen molar-refractivity contribution in [2.24, 2.45) is 0 Å². The maximum Gasteiger partial charge on any atom is 0.306 e. The highest BCUT2D eigenvalue weighted by molar-refractivity contribution is 5.69. The molecule has 2 heterocycles. The van der Waals surface area contributed by atoms with E-state index in [-0.39, 0.29) is 25.6 Å². The third-order valence-electron chi connectivity index (χ3n) is 15.1. The minimum atomic E-state index is -1.70. The Balaban J connectivity index is 1.66. The maximum atomic E-state index is 13.1. The molecule has 0 saturated carbocycles. The number of esters is 1. The normalized spacial score (nSPS) is 24.8. The molecule has 0 aromatic rings. The van der Waals surface area contributed by atoms with Gasteiger partial charge in [-0.25, -0.2) is 0 Å². The lowest BCUT2D eigenvalue weighted by atomic mass is 9.98. The molecule has 11 unspecified atom stereocenters. The summed E-state index contributed by atoms with van der Waals surface area (Å²) in [5, 5.41) is 72.4. The van der Waals surface area contributed by atoms with Crippen LogP contribution in [0.2, 0.25) is 0 Å². The van der Waals surface area contributed by atoms with Gasteiger partial charge in [0.15, 0.2) is 12.6 Å².